The Hall–Kier alpha value is -3.47. The summed E-state index contributed by atoms with van der Waals surface area (Å²) < 4.78 is 14.2. The molecule has 0 aliphatic carbocycles. The third kappa shape index (κ3) is 3.64. The second-order valence-corrected chi connectivity index (χ2v) is 6.87. The maximum atomic E-state index is 14.2. The Labute approximate surface area is 163 Å². The second-order valence-electron chi connectivity index (χ2n) is 5.98. The zero-order valence-corrected chi connectivity index (χ0v) is 15.3. The van der Waals surface area contributed by atoms with Crippen LogP contribution in [0.25, 0.3) is 10.7 Å². The minimum absolute atomic E-state index is 0.113. The summed E-state index contributed by atoms with van der Waals surface area (Å²) in [5.74, 6) is -0.538. The molecule has 144 valence electrons. The normalized spacial score (nSPS) is 13.9. The van der Waals surface area contributed by atoms with Crippen molar-refractivity contribution in [1.29, 1.82) is 0 Å². The monoisotopic (exact) mass is 401 g/mol. The molecule has 0 spiro atoms. The van der Waals surface area contributed by atoms with Crippen LogP contribution in [-0.2, 0) is 0 Å². The lowest BCUT2D eigenvalue weighted by Gasteiger charge is -2.28. The maximum Gasteiger partial charge on any atom is 0.323 e. The molecule has 2 aromatic heterocycles. The van der Waals surface area contributed by atoms with Crippen molar-refractivity contribution in [3.05, 3.63) is 41.8 Å². The predicted molar refractivity (Wildman–Crippen MR) is 104 cm³/mol. The lowest BCUT2D eigenvalue weighted by atomic mass is 10.2. The smallest absolute Gasteiger partial charge is 0.323 e. The number of thiazole rings is 1. The highest BCUT2D eigenvalue weighted by Gasteiger charge is 2.22. The molecule has 28 heavy (non-hydrogen) atoms. The van der Waals surface area contributed by atoms with Crippen molar-refractivity contribution in [3.8, 4) is 10.7 Å². The standard InChI is InChI=1S/C17H16FN7O2S/c18-11-3-2-10(8-13(11)25-6-1-4-20-17(25)27)22-16(26)23-12-9-21-24-14(12)15-19-5-7-28-15/h2-3,5,7-9H,1,4,6H2,(H,20,27)(H,21,24)(H2,22,23,26). The molecule has 0 radical (unpaired) electrons. The molecule has 1 aliphatic rings. The molecule has 0 atom stereocenters. The van der Waals surface area contributed by atoms with Crippen molar-refractivity contribution in [3.63, 3.8) is 0 Å². The third-order valence-electron chi connectivity index (χ3n) is 4.11. The SMILES string of the molecule is O=C(Nc1ccc(F)c(N2CCCNC2=O)c1)Nc1cn[nH]c1-c1nccs1. The van der Waals surface area contributed by atoms with Crippen LogP contribution in [0.2, 0.25) is 0 Å². The molecule has 4 rings (SSSR count). The molecule has 1 aliphatic heterocycles. The Morgan fingerprint density at radius 2 is 2.21 bits per heavy atom. The highest BCUT2D eigenvalue weighted by atomic mass is 32.1. The zero-order chi connectivity index (χ0) is 19.5. The average molecular weight is 401 g/mol. The van der Waals surface area contributed by atoms with E-state index in [-0.39, 0.29) is 11.7 Å². The first-order valence-corrected chi connectivity index (χ1v) is 9.36. The molecule has 11 heteroatoms. The van der Waals surface area contributed by atoms with Crippen LogP contribution >= 0.6 is 11.3 Å². The Morgan fingerprint density at radius 1 is 1.32 bits per heavy atom. The summed E-state index contributed by atoms with van der Waals surface area (Å²) in [7, 11) is 0. The summed E-state index contributed by atoms with van der Waals surface area (Å²) in [6.45, 7) is 0.966. The van der Waals surface area contributed by atoms with Gasteiger partial charge in [-0.2, -0.15) is 5.10 Å². The number of H-pyrrole nitrogens is 1. The largest absolute Gasteiger partial charge is 0.338 e. The molecular weight excluding hydrogens is 385 g/mol. The summed E-state index contributed by atoms with van der Waals surface area (Å²) in [5, 5.41) is 17.2. The van der Waals surface area contributed by atoms with Crippen molar-refractivity contribution in [2.45, 2.75) is 6.42 Å². The van der Waals surface area contributed by atoms with Gasteiger partial charge in [-0.25, -0.2) is 19.0 Å². The lowest BCUT2D eigenvalue weighted by molar-refractivity contribution is 0.242. The van der Waals surface area contributed by atoms with Gasteiger partial charge in [-0.3, -0.25) is 10.00 Å². The van der Waals surface area contributed by atoms with Gasteiger partial charge in [0.25, 0.3) is 0 Å². The minimum Gasteiger partial charge on any atom is -0.338 e. The number of carbonyl (C=O) groups excluding carboxylic acids is 2. The molecule has 0 bridgehead atoms. The van der Waals surface area contributed by atoms with Gasteiger partial charge in [-0.1, -0.05) is 0 Å². The highest BCUT2D eigenvalue weighted by Crippen LogP contribution is 2.28. The quantitative estimate of drug-likeness (QED) is 0.537. The Bertz CT molecular complexity index is 1000. The van der Waals surface area contributed by atoms with Crippen LogP contribution in [0.5, 0.6) is 0 Å². The van der Waals surface area contributed by atoms with E-state index in [0.29, 0.717) is 41.6 Å². The Balaban J connectivity index is 1.49. The number of benzene rings is 1. The number of hydrogen-bond donors (Lipinski definition) is 4. The minimum atomic E-state index is -0.538. The number of anilines is 3. The van der Waals surface area contributed by atoms with Crippen molar-refractivity contribution in [2.75, 3.05) is 28.6 Å². The first-order valence-electron chi connectivity index (χ1n) is 8.48. The van der Waals surface area contributed by atoms with E-state index in [4.69, 9.17) is 0 Å². The van der Waals surface area contributed by atoms with Crippen LogP contribution in [0.15, 0.2) is 36.0 Å². The fraction of sp³-hybridized carbons (Fsp3) is 0.176. The van der Waals surface area contributed by atoms with E-state index < -0.39 is 11.8 Å². The molecule has 3 heterocycles. The van der Waals surface area contributed by atoms with Crippen molar-refractivity contribution >= 4 is 40.5 Å². The van der Waals surface area contributed by atoms with Crippen LogP contribution in [0.4, 0.5) is 31.0 Å². The number of nitrogens with zero attached hydrogens (tertiary/aromatic N) is 3. The van der Waals surface area contributed by atoms with Gasteiger partial charge in [0.15, 0.2) is 0 Å². The fourth-order valence-corrected chi connectivity index (χ4v) is 3.48. The van der Waals surface area contributed by atoms with Gasteiger partial charge < -0.3 is 16.0 Å². The van der Waals surface area contributed by atoms with Gasteiger partial charge in [0.1, 0.15) is 16.5 Å². The van der Waals surface area contributed by atoms with E-state index in [1.807, 2.05) is 5.38 Å². The Morgan fingerprint density at radius 3 is 3.00 bits per heavy atom. The van der Waals surface area contributed by atoms with E-state index in [1.165, 1.54) is 40.6 Å². The predicted octanol–water partition coefficient (Wildman–Crippen LogP) is 3.24. The molecule has 3 aromatic rings. The summed E-state index contributed by atoms with van der Waals surface area (Å²) in [6.07, 6.45) is 3.84. The van der Waals surface area contributed by atoms with Gasteiger partial charge in [0.05, 0.1) is 17.6 Å². The second kappa shape index (κ2) is 7.64. The molecular formula is C17H16FN7O2S. The van der Waals surface area contributed by atoms with Crippen molar-refractivity contribution in [1.82, 2.24) is 20.5 Å². The lowest BCUT2D eigenvalue weighted by Crippen LogP contribution is -2.46. The van der Waals surface area contributed by atoms with Crippen molar-refractivity contribution in [2.24, 2.45) is 0 Å². The Kier molecular flexibility index (Phi) is 4.89. The van der Waals surface area contributed by atoms with Crippen LogP contribution in [0.3, 0.4) is 0 Å². The number of hydrogen-bond acceptors (Lipinski definition) is 5. The summed E-state index contributed by atoms with van der Waals surface area (Å²) in [6, 6.07) is 3.18. The number of amides is 4. The number of carbonyl (C=O) groups is 2. The first-order chi connectivity index (χ1) is 13.6. The maximum absolute atomic E-state index is 14.2. The van der Waals surface area contributed by atoms with Crippen LogP contribution < -0.4 is 20.9 Å². The molecule has 4 N–H and O–H groups in total. The van der Waals surface area contributed by atoms with Gasteiger partial charge in [-0.05, 0) is 24.6 Å². The number of halogens is 1. The van der Waals surface area contributed by atoms with E-state index >= 15 is 0 Å². The van der Waals surface area contributed by atoms with Gasteiger partial charge in [0.2, 0.25) is 0 Å². The van der Waals surface area contributed by atoms with Gasteiger partial charge >= 0.3 is 12.1 Å². The molecule has 1 fully saturated rings. The number of aromatic nitrogens is 3. The number of nitrogens with one attached hydrogen (secondary N) is 4. The summed E-state index contributed by atoms with van der Waals surface area (Å²) in [5.41, 5.74) is 1.52. The highest BCUT2D eigenvalue weighted by molar-refractivity contribution is 7.13. The summed E-state index contributed by atoms with van der Waals surface area (Å²) >= 11 is 1.41. The fourth-order valence-electron chi connectivity index (χ4n) is 2.83. The zero-order valence-electron chi connectivity index (χ0n) is 14.5. The van der Waals surface area contributed by atoms with E-state index in [9.17, 15) is 14.0 Å². The van der Waals surface area contributed by atoms with Crippen LogP contribution in [0.1, 0.15) is 6.42 Å². The van der Waals surface area contributed by atoms with Gasteiger partial charge in [0, 0.05) is 30.4 Å². The summed E-state index contributed by atoms with van der Waals surface area (Å²) in [4.78, 5) is 29.8. The van der Waals surface area contributed by atoms with Crippen molar-refractivity contribution < 1.29 is 14.0 Å². The molecule has 1 saturated heterocycles. The number of rotatable bonds is 4. The molecule has 0 saturated carbocycles. The molecule has 0 unspecified atom stereocenters. The van der Waals surface area contributed by atoms with E-state index in [0.717, 1.165) is 0 Å². The van der Waals surface area contributed by atoms with Crippen LogP contribution in [0, 0.1) is 5.82 Å². The first kappa shape index (κ1) is 17.9. The molecule has 1 aromatic carbocycles. The number of urea groups is 2. The average Bonchev–Trinajstić information content (AvgIpc) is 3.35. The molecule has 4 amide bonds. The van der Waals surface area contributed by atoms with Crippen LogP contribution in [-0.4, -0.2) is 40.3 Å². The third-order valence-corrected chi connectivity index (χ3v) is 4.90. The van der Waals surface area contributed by atoms with E-state index in [1.54, 1.807) is 6.20 Å². The topological polar surface area (TPSA) is 115 Å². The van der Waals surface area contributed by atoms with E-state index in [2.05, 4.69) is 31.1 Å². The number of aromatic amines is 1. The molecule has 9 nitrogen and oxygen atoms in total. The van der Waals surface area contributed by atoms with Gasteiger partial charge in [-0.15, -0.1) is 11.3 Å².